The number of amides is 1. The van der Waals surface area contributed by atoms with Crippen LogP contribution < -0.4 is 4.74 Å². The number of carbonyl (C=O) groups is 1. The number of rotatable bonds is 4. The van der Waals surface area contributed by atoms with Crippen molar-refractivity contribution >= 4 is 5.91 Å². The molecule has 2 aliphatic heterocycles. The molecule has 1 saturated heterocycles. The van der Waals surface area contributed by atoms with E-state index in [-0.39, 0.29) is 17.6 Å². The van der Waals surface area contributed by atoms with Crippen LogP contribution in [0.5, 0.6) is 5.75 Å². The highest BCUT2D eigenvalue weighted by Crippen LogP contribution is 2.31. The average Bonchev–Trinajstić information content (AvgIpc) is 3.15. The lowest BCUT2D eigenvalue weighted by atomic mass is 10.1. The van der Waals surface area contributed by atoms with Crippen molar-refractivity contribution in [3.05, 3.63) is 47.8 Å². The van der Waals surface area contributed by atoms with Crippen molar-refractivity contribution in [2.24, 2.45) is 0 Å². The van der Waals surface area contributed by atoms with Gasteiger partial charge in [-0.15, -0.1) is 0 Å². The molecule has 0 spiro atoms. The topological polar surface area (TPSA) is 56.6 Å². The molecule has 3 heterocycles. The van der Waals surface area contributed by atoms with Gasteiger partial charge in [-0.3, -0.25) is 9.48 Å². The minimum atomic E-state index is -2.84. The molecule has 0 radical (unpaired) electrons. The van der Waals surface area contributed by atoms with Crippen molar-refractivity contribution in [2.45, 2.75) is 25.0 Å². The number of ether oxygens (including phenoxy) is 2. The minimum Gasteiger partial charge on any atom is -0.491 e. The van der Waals surface area contributed by atoms with Crippen LogP contribution in [0.3, 0.4) is 0 Å². The van der Waals surface area contributed by atoms with Gasteiger partial charge in [0.25, 0.3) is 11.8 Å². The number of nitrogens with zero attached hydrogens (tertiary/aromatic N) is 3. The molecular formula is C18H19F2N3O3. The highest BCUT2D eigenvalue weighted by atomic mass is 19.3. The molecule has 0 saturated carbocycles. The predicted molar refractivity (Wildman–Crippen MR) is 88.5 cm³/mol. The molecule has 6 nitrogen and oxygen atoms in total. The zero-order valence-electron chi connectivity index (χ0n) is 14.1. The molecule has 1 fully saturated rings. The van der Waals surface area contributed by atoms with E-state index in [1.807, 2.05) is 30.3 Å². The minimum absolute atomic E-state index is 0.256. The van der Waals surface area contributed by atoms with Crippen molar-refractivity contribution in [1.82, 2.24) is 14.7 Å². The summed E-state index contributed by atoms with van der Waals surface area (Å²) in [6.07, 6.45) is 0.676. The van der Waals surface area contributed by atoms with Gasteiger partial charge in [0.05, 0.1) is 37.0 Å². The molecule has 1 unspecified atom stereocenters. The van der Waals surface area contributed by atoms with E-state index < -0.39 is 18.9 Å². The van der Waals surface area contributed by atoms with E-state index >= 15 is 0 Å². The number of carbonyl (C=O) groups excluding carboxylic acids is 1. The summed E-state index contributed by atoms with van der Waals surface area (Å²) in [7, 11) is 0. The lowest BCUT2D eigenvalue weighted by Crippen LogP contribution is -2.47. The van der Waals surface area contributed by atoms with Crippen molar-refractivity contribution in [1.29, 1.82) is 0 Å². The molecule has 0 aliphatic carbocycles. The van der Waals surface area contributed by atoms with Crippen LogP contribution in [0.1, 0.15) is 16.1 Å². The molecular weight excluding hydrogens is 344 g/mol. The normalized spacial score (nSPS) is 21.5. The van der Waals surface area contributed by atoms with Crippen molar-refractivity contribution < 1.29 is 23.0 Å². The van der Waals surface area contributed by atoms with Gasteiger partial charge in [0.15, 0.2) is 0 Å². The number of halogens is 2. The van der Waals surface area contributed by atoms with E-state index in [1.165, 1.54) is 10.9 Å². The van der Waals surface area contributed by atoms with Crippen LogP contribution in [0.4, 0.5) is 8.78 Å². The molecule has 138 valence electrons. The van der Waals surface area contributed by atoms with Crippen molar-refractivity contribution in [3.8, 4) is 5.75 Å². The van der Waals surface area contributed by atoms with E-state index in [1.54, 1.807) is 4.90 Å². The average molecular weight is 363 g/mol. The van der Waals surface area contributed by atoms with Crippen LogP contribution in [0.15, 0.2) is 36.5 Å². The Morgan fingerprint density at radius 2 is 2.15 bits per heavy atom. The van der Waals surface area contributed by atoms with E-state index in [0.29, 0.717) is 32.0 Å². The number of benzene rings is 1. The Kier molecular flexibility index (Phi) is 4.36. The van der Waals surface area contributed by atoms with Crippen LogP contribution in [-0.4, -0.2) is 58.9 Å². The maximum Gasteiger partial charge on any atom is 0.272 e. The number of alkyl halides is 2. The van der Waals surface area contributed by atoms with Gasteiger partial charge < -0.3 is 14.4 Å². The number of hydrogen-bond donors (Lipinski definition) is 0. The van der Waals surface area contributed by atoms with Gasteiger partial charge in [0.1, 0.15) is 25.0 Å². The lowest BCUT2D eigenvalue weighted by Gasteiger charge is -2.32. The fourth-order valence-electron chi connectivity index (χ4n) is 3.31. The van der Waals surface area contributed by atoms with Crippen LogP contribution in [0.25, 0.3) is 0 Å². The van der Waals surface area contributed by atoms with Gasteiger partial charge in [-0.25, -0.2) is 8.78 Å². The highest BCUT2D eigenvalue weighted by Gasteiger charge is 2.41. The highest BCUT2D eigenvalue weighted by molar-refractivity contribution is 5.95. The molecule has 0 bridgehead atoms. The number of morpholine rings is 1. The largest absolute Gasteiger partial charge is 0.491 e. The summed E-state index contributed by atoms with van der Waals surface area (Å²) >= 11 is 0. The van der Waals surface area contributed by atoms with Crippen LogP contribution >= 0.6 is 0 Å². The second-order valence-corrected chi connectivity index (χ2v) is 6.56. The zero-order chi connectivity index (χ0) is 18.1. The third kappa shape index (κ3) is 3.41. The zero-order valence-corrected chi connectivity index (χ0v) is 14.1. The molecule has 1 amide bonds. The van der Waals surface area contributed by atoms with E-state index in [9.17, 15) is 13.6 Å². The maximum atomic E-state index is 13.6. The maximum absolute atomic E-state index is 13.6. The summed E-state index contributed by atoms with van der Waals surface area (Å²) in [5, 5.41) is 3.94. The van der Waals surface area contributed by atoms with Gasteiger partial charge >= 0.3 is 0 Å². The SMILES string of the molecule is O=C(c1cnn2c1CC(F)(F)C2)N1CCOC(COc2ccccc2)C1. The molecule has 0 N–H and O–H groups in total. The van der Waals surface area contributed by atoms with Gasteiger partial charge in [-0.05, 0) is 12.1 Å². The molecule has 2 aromatic rings. The number of aromatic nitrogens is 2. The summed E-state index contributed by atoms with van der Waals surface area (Å²) in [4.78, 5) is 14.4. The first-order valence-corrected chi connectivity index (χ1v) is 8.53. The van der Waals surface area contributed by atoms with E-state index in [0.717, 1.165) is 5.75 Å². The van der Waals surface area contributed by atoms with Gasteiger partial charge in [0.2, 0.25) is 0 Å². The monoisotopic (exact) mass is 363 g/mol. The van der Waals surface area contributed by atoms with Crippen molar-refractivity contribution in [3.63, 3.8) is 0 Å². The number of hydrogen-bond acceptors (Lipinski definition) is 4. The Labute approximate surface area is 149 Å². The second-order valence-electron chi connectivity index (χ2n) is 6.56. The summed E-state index contributed by atoms with van der Waals surface area (Å²) < 4.78 is 39.7. The summed E-state index contributed by atoms with van der Waals surface area (Å²) in [5.41, 5.74) is 0.565. The first-order chi connectivity index (χ1) is 12.5. The van der Waals surface area contributed by atoms with Gasteiger partial charge in [-0.2, -0.15) is 5.10 Å². The van der Waals surface area contributed by atoms with Crippen molar-refractivity contribution in [2.75, 3.05) is 26.3 Å². The number of fused-ring (bicyclic) bond motifs is 1. The Morgan fingerprint density at radius 3 is 2.96 bits per heavy atom. The van der Waals surface area contributed by atoms with Gasteiger partial charge in [-0.1, -0.05) is 18.2 Å². The molecule has 1 aromatic carbocycles. The Bertz CT molecular complexity index is 794. The van der Waals surface area contributed by atoms with Crippen LogP contribution in [-0.2, 0) is 17.7 Å². The quantitative estimate of drug-likeness (QED) is 0.834. The van der Waals surface area contributed by atoms with E-state index in [4.69, 9.17) is 9.47 Å². The first-order valence-electron chi connectivity index (χ1n) is 8.53. The molecule has 1 atom stereocenters. The van der Waals surface area contributed by atoms with Gasteiger partial charge in [0, 0.05) is 6.54 Å². The molecule has 1 aromatic heterocycles. The fraction of sp³-hybridized carbons (Fsp3) is 0.444. The molecule has 8 heteroatoms. The summed E-state index contributed by atoms with van der Waals surface area (Å²) in [6, 6.07) is 9.36. The molecule has 4 rings (SSSR count). The summed E-state index contributed by atoms with van der Waals surface area (Å²) in [6.45, 7) is 1.01. The molecule has 2 aliphatic rings. The third-order valence-electron chi connectivity index (χ3n) is 4.59. The summed E-state index contributed by atoms with van der Waals surface area (Å²) in [5.74, 6) is -2.39. The second kappa shape index (κ2) is 6.68. The van der Waals surface area contributed by atoms with Crippen LogP contribution in [0.2, 0.25) is 0 Å². The fourth-order valence-corrected chi connectivity index (χ4v) is 3.31. The number of para-hydroxylation sites is 1. The predicted octanol–water partition coefficient (Wildman–Crippen LogP) is 1.99. The smallest absolute Gasteiger partial charge is 0.272 e. The first kappa shape index (κ1) is 17.0. The Balaban J connectivity index is 1.40. The van der Waals surface area contributed by atoms with E-state index in [2.05, 4.69) is 5.10 Å². The lowest BCUT2D eigenvalue weighted by molar-refractivity contribution is -0.0401. The Morgan fingerprint density at radius 1 is 1.35 bits per heavy atom. The Hall–Kier alpha value is -2.48. The van der Waals surface area contributed by atoms with Crippen LogP contribution in [0, 0.1) is 0 Å². The standard InChI is InChI=1S/C18H19F2N3O3/c19-18(20)8-16-15(9-21-23(16)12-18)17(24)22-6-7-25-14(10-22)11-26-13-4-2-1-3-5-13/h1-5,9,14H,6-8,10-12H2. The third-order valence-corrected chi connectivity index (χ3v) is 4.59. The molecule has 26 heavy (non-hydrogen) atoms.